The molecule has 0 atom stereocenters. The van der Waals surface area contributed by atoms with Gasteiger partial charge in [-0.15, -0.1) is 0 Å². The van der Waals surface area contributed by atoms with Crippen molar-refractivity contribution in [3.63, 3.8) is 0 Å². The molecule has 0 unspecified atom stereocenters. The van der Waals surface area contributed by atoms with Crippen molar-refractivity contribution in [2.24, 2.45) is 0 Å². The van der Waals surface area contributed by atoms with Gasteiger partial charge in [0.15, 0.2) is 0 Å². The molecule has 0 radical (unpaired) electrons. The minimum absolute atomic E-state index is 0. The quantitative estimate of drug-likeness (QED) is 0.316. The largest absolute Gasteiger partial charge is 1.00 e. The second-order valence-corrected chi connectivity index (χ2v) is 1.47. The van der Waals surface area contributed by atoms with Crippen molar-refractivity contribution in [3.05, 3.63) is 0 Å². The zero-order chi connectivity index (χ0) is 4.28. The van der Waals surface area contributed by atoms with Gasteiger partial charge in [-0.25, -0.2) is 4.58 Å². The zero-order valence-electron chi connectivity index (χ0n) is 3.78. The fourth-order valence-electron chi connectivity index (χ4n) is 0. The maximum atomic E-state index is 3.11. The SMILES string of the molecule is C[N+](C)=CBr.[Br-]. The lowest BCUT2D eigenvalue weighted by molar-refractivity contribution is -0.456. The highest BCUT2D eigenvalue weighted by molar-refractivity contribution is 9.17. The van der Waals surface area contributed by atoms with Gasteiger partial charge in [0.1, 0.15) is 14.1 Å². The summed E-state index contributed by atoms with van der Waals surface area (Å²) in [5.41, 5.74) is 0. The first-order valence-electron chi connectivity index (χ1n) is 1.37. The van der Waals surface area contributed by atoms with Crippen LogP contribution in [0.3, 0.4) is 0 Å². The molecule has 0 rings (SSSR count). The monoisotopic (exact) mass is 215 g/mol. The van der Waals surface area contributed by atoms with E-state index in [1.54, 1.807) is 0 Å². The Labute approximate surface area is 57.0 Å². The highest BCUT2D eigenvalue weighted by Gasteiger charge is 1.66. The molecule has 0 fully saturated rings. The molecule has 3 heteroatoms. The highest BCUT2D eigenvalue weighted by atomic mass is 79.9. The van der Waals surface area contributed by atoms with Crippen LogP contribution in [0.25, 0.3) is 0 Å². The fourth-order valence-corrected chi connectivity index (χ4v) is 0. The first-order valence-corrected chi connectivity index (χ1v) is 2.29. The summed E-state index contributed by atoms with van der Waals surface area (Å²) in [7, 11) is 3.91. The van der Waals surface area contributed by atoms with Crippen LogP contribution in [0.15, 0.2) is 0 Å². The van der Waals surface area contributed by atoms with Crippen LogP contribution in [-0.2, 0) is 0 Å². The van der Waals surface area contributed by atoms with Gasteiger partial charge in [-0.3, -0.25) is 0 Å². The molecule has 0 heterocycles. The lowest BCUT2D eigenvalue weighted by atomic mass is 11.1. The third-order valence-electron chi connectivity index (χ3n) is 0.195. The number of nitrogens with zero attached hydrogens (tertiary/aromatic N) is 1. The third kappa shape index (κ3) is 8.82. The maximum Gasteiger partial charge on any atom is 0.205 e. The standard InChI is InChI=1S/C3H7BrN.BrH/c1-5(2)3-4;/h3H,1-2H3;1H/q+1;/p-1. The first-order chi connectivity index (χ1) is 2.27. The van der Waals surface area contributed by atoms with Gasteiger partial charge in [-0.05, 0) is 0 Å². The predicted molar refractivity (Wildman–Crippen MR) is 27.1 cm³/mol. The van der Waals surface area contributed by atoms with Gasteiger partial charge in [0.25, 0.3) is 0 Å². The van der Waals surface area contributed by atoms with Crippen LogP contribution in [0.4, 0.5) is 0 Å². The van der Waals surface area contributed by atoms with Crippen molar-refractivity contribution >= 4 is 21.1 Å². The number of hydrogen-bond donors (Lipinski definition) is 0. The van der Waals surface area contributed by atoms with E-state index >= 15 is 0 Å². The van der Waals surface area contributed by atoms with Gasteiger partial charge in [-0.2, -0.15) is 0 Å². The molecule has 0 aliphatic heterocycles. The van der Waals surface area contributed by atoms with Crippen LogP contribution in [0.1, 0.15) is 0 Å². The van der Waals surface area contributed by atoms with E-state index in [9.17, 15) is 0 Å². The summed E-state index contributed by atoms with van der Waals surface area (Å²) < 4.78 is 1.92. The molecule has 0 bridgehead atoms. The summed E-state index contributed by atoms with van der Waals surface area (Å²) in [6.07, 6.45) is 0. The Morgan fingerprint density at radius 2 is 1.67 bits per heavy atom. The average molecular weight is 217 g/mol. The Bertz CT molecular complexity index is 46.8. The van der Waals surface area contributed by atoms with Crippen molar-refractivity contribution in [1.82, 2.24) is 0 Å². The third-order valence-corrected chi connectivity index (χ3v) is 1.01. The van der Waals surface area contributed by atoms with Gasteiger partial charge in [0, 0.05) is 15.9 Å². The second kappa shape index (κ2) is 5.63. The molecule has 0 aromatic heterocycles. The molecule has 0 N–H and O–H groups in total. The summed E-state index contributed by atoms with van der Waals surface area (Å²) in [6.45, 7) is 0. The van der Waals surface area contributed by atoms with Crippen molar-refractivity contribution in [1.29, 1.82) is 0 Å². The van der Waals surface area contributed by atoms with Gasteiger partial charge in [0.2, 0.25) is 5.12 Å². The predicted octanol–water partition coefficient (Wildman–Crippen LogP) is -2.31. The summed E-state index contributed by atoms with van der Waals surface area (Å²) in [5, 5.41) is 1.81. The molecule has 6 heavy (non-hydrogen) atoms. The Morgan fingerprint density at radius 3 is 1.67 bits per heavy atom. The van der Waals surface area contributed by atoms with E-state index in [4.69, 9.17) is 0 Å². The van der Waals surface area contributed by atoms with Crippen molar-refractivity contribution in [2.75, 3.05) is 14.1 Å². The summed E-state index contributed by atoms with van der Waals surface area (Å²) in [4.78, 5) is 0. The van der Waals surface area contributed by atoms with E-state index < -0.39 is 0 Å². The molecule has 0 amide bonds. The van der Waals surface area contributed by atoms with E-state index in [1.807, 2.05) is 23.8 Å². The lowest BCUT2D eigenvalue weighted by Crippen LogP contribution is -3.00. The molecular formula is C3H7Br2N. The summed E-state index contributed by atoms with van der Waals surface area (Å²) >= 11 is 3.11. The van der Waals surface area contributed by atoms with E-state index in [1.165, 1.54) is 0 Å². The van der Waals surface area contributed by atoms with E-state index in [0.717, 1.165) is 0 Å². The molecule has 1 nitrogen and oxygen atoms in total. The molecule has 38 valence electrons. The molecule has 0 spiro atoms. The van der Waals surface area contributed by atoms with Crippen LogP contribution in [-0.4, -0.2) is 23.8 Å². The topological polar surface area (TPSA) is 3.01 Å². The molecule has 0 aromatic rings. The highest BCUT2D eigenvalue weighted by Crippen LogP contribution is 1.61. The van der Waals surface area contributed by atoms with Crippen LogP contribution in [0.2, 0.25) is 0 Å². The summed E-state index contributed by atoms with van der Waals surface area (Å²) in [5.74, 6) is 0. The Hall–Kier alpha value is 0.630. The first kappa shape index (κ1) is 9.80. The zero-order valence-corrected chi connectivity index (χ0v) is 6.95. The molecular weight excluding hydrogens is 210 g/mol. The molecule has 0 aliphatic carbocycles. The number of halogens is 2. The molecule has 0 aromatic carbocycles. The Morgan fingerprint density at radius 1 is 1.50 bits per heavy atom. The fraction of sp³-hybridized carbons (Fsp3) is 0.667. The summed E-state index contributed by atoms with van der Waals surface area (Å²) in [6, 6.07) is 0. The van der Waals surface area contributed by atoms with Crippen LogP contribution < -0.4 is 17.0 Å². The number of rotatable bonds is 0. The Kier molecular flexibility index (Phi) is 9.20. The van der Waals surface area contributed by atoms with E-state index in [-0.39, 0.29) is 17.0 Å². The smallest absolute Gasteiger partial charge is 0.205 e. The van der Waals surface area contributed by atoms with E-state index in [0.29, 0.717) is 0 Å². The van der Waals surface area contributed by atoms with Gasteiger partial charge in [0.05, 0.1) is 0 Å². The molecule has 0 saturated carbocycles. The Balaban J connectivity index is 0. The molecule has 0 aliphatic rings. The average Bonchev–Trinajstić information content (AvgIpc) is 1.38. The van der Waals surface area contributed by atoms with Crippen LogP contribution >= 0.6 is 15.9 Å². The van der Waals surface area contributed by atoms with Gasteiger partial charge >= 0.3 is 0 Å². The van der Waals surface area contributed by atoms with Crippen molar-refractivity contribution < 1.29 is 21.6 Å². The minimum atomic E-state index is 0. The number of hydrogen-bond acceptors (Lipinski definition) is 0. The van der Waals surface area contributed by atoms with Crippen molar-refractivity contribution in [3.8, 4) is 0 Å². The molecule has 0 saturated heterocycles. The van der Waals surface area contributed by atoms with Gasteiger partial charge in [-0.1, -0.05) is 0 Å². The van der Waals surface area contributed by atoms with Crippen molar-refractivity contribution in [2.45, 2.75) is 0 Å². The van der Waals surface area contributed by atoms with Gasteiger partial charge < -0.3 is 17.0 Å². The van der Waals surface area contributed by atoms with Crippen LogP contribution in [0.5, 0.6) is 0 Å². The lowest BCUT2D eigenvalue weighted by Gasteiger charge is -1.70. The van der Waals surface area contributed by atoms with E-state index in [2.05, 4.69) is 15.9 Å². The minimum Gasteiger partial charge on any atom is -1.00 e. The normalized spacial score (nSPS) is 5.83. The maximum absolute atomic E-state index is 3.11. The van der Waals surface area contributed by atoms with Crippen LogP contribution in [0, 0.1) is 0 Å². The second-order valence-electron chi connectivity index (χ2n) is 1.06.